The highest BCUT2D eigenvalue weighted by Crippen LogP contribution is 2.41. The van der Waals surface area contributed by atoms with E-state index in [1.165, 1.54) is 0 Å². The molecule has 1 aliphatic carbocycles. The van der Waals surface area contributed by atoms with Crippen LogP contribution < -0.4 is 0 Å². The first-order chi connectivity index (χ1) is 12.5. The molecule has 0 radical (unpaired) electrons. The van der Waals surface area contributed by atoms with Crippen LogP contribution in [-0.2, 0) is 5.41 Å². The van der Waals surface area contributed by atoms with Crippen LogP contribution in [-0.4, -0.2) is 33.0 Å². The molecule has 0 unspecified atom stereocenters. The van der Waals surface area contributed by atoms with Crippen molar-refractivity contribution in [3.8, 4) is 11.1 Å². The fourth-order valence-corrected chi connectivity index (χ4v) is 4.29. The normalized spacial score (nSPS) is 16.2. The molecule has 134 valence electrons. The Labute approximate surface area is 155 Å². The van der Waals surface area contributed by atoms with E-state index in [-0.39, 0.29) is 17.7 Å². The van der Waals surface area contributed by atoms with Crippen molar-refractivity contribution >= 4 is 28.5 Å². The fourth-order valence-electron chi connectivity index (χ4n) is 4.02. The minimum absolute atomic E-state index is 0.0141. The molecule has 1 heterocycles. The molecule has 1 aromatic heterocycles. The van der Waals surface area contributed by atoms with Crippen LogP contribution in [0.3, 0.4) is 0 Å². The van der Waals surface area contributed by atoms with E-state index < -0.39 is 5.97 Å². The van der Waals surface area contributed by atoms with E-state index in [9.17, 15) is 15.0 Å². The lowest BCUT2D eigenvalue weighted by atomic mass is 9.79. The van der Waals surface area contributed by atoms with Crippen LogP contribution in [0.2, 0.25) is 5.02 Å². The Morgan fingerprint density at radius 3 is 2.50 bits per heavy atom. The van der Waals surface area contributed by atoms with Gasteiger partial charge in [0.15, 0.2) is 5.69 Å². The first kappa shape index (κ1) is 17.1. The van der Waals surface area contributed by atoms with Gasteiger partial charge in [0.1, 0.15) is 0 Å². The molecular formula is C20H19ClN2O3. The Kier molecular flexibility index (Phi) is 4.21. The Hall–Kier alpha value is -2.37. The summed E-state index contributed by atoms with van der Waals surface area (Å²) in [5.74, 6) is -1.08. The van der Waals surface area contributed by atoms with Gasteiger partial charge in [-0.2, -0.15) is 5.10 Å². The quantitative estimate of drug-likeness (QED) is 0.635. The Balaban J connectivity index is 1.76. The number of hydrogen-bond acceptors (Lipinski definition) is 3. The van der Waals surface area contributed by atoms with Gasteiger partial charge in [0.25, 0.3) is 0 Å². The lowest BCUT2D eigenvalue weighted by Gasteiger charge is -2.27. The molecule has 0 aliphatic heterocycles. The van der Waals surface area contributed by atoms with E-state index in [0.717, 1.165) is 42.4 Å². The maximum atomic E-state index is 11.3. The van der Waals surface area contributed by atoms with Gasteiger partial charge < -0.3 is 10.2 Å². The molecule has 0 saturated heterocycles. The van der Waals surface area contributed by atoms with Crippen LogP contribution in [0.25, 0.3) is 22.0 Å². The highest BCUT2D eigenvalue weighted by molar-refractivity contribution is 6.34. The van der Waals surface area contributed by atoms with Crippen molar-refractivity contribution < 1.29 is 15.0 Å². The molecule has 1 fully saturated rings. The molecule has 4 rings (SSSR count). The summed E-state index contributed by atoms with van der Waals surface area (Å²) >= 11 is 6.41. The number of carbonyl (C=O) groups is 1. The fraction of sp³-hybridized carbons (Fsp3) is 0.300. The van der Waals surface area contributed by atoms with Gasteiger partial charge in [0, 0.05) is 16.4 Å². The number of aliphatic hydroxyl groups excluding tert-OH is 1. The monoisotopic (exact) mass is 370 g/mol. The second-order valence-electron chi connectivity index (χ2n) is 6.98. The molecule has 3 N–H and O–H groups in total. The zero-order valence-electron chi connectivity index (χ0n) is 14.1. The van der Waals surface area contributed by atoms with Gasteiger partial charge in [0.2, 0.25) is 0 Å². The Morgan fingerprint density at radius 2 is 1.88 bits per heavy atom. The summed E-state index contributed by atoms with van der Waals surface area (Å²) in [5, 5.41) is 26.8. The third kappa shape index (κ3) is 2.68. The molecular weight excluding hydrogens is 352 g/mol. The summed E-state index contributed by atoms with van der Waals surface area (Å²) < 4.78 is 0. The van der Waals surface area contributed by atoms with Crippen molar-refractivity contribution in [2.45, 2.75) is 31.1 Å². The first-order valence-corrected chi connectivity index (χ1v) is 9.04. The number of nitrogens with one attached hydrogen (secondary N) is 1. The molecule has 1 saturated carbocycles. The number of carboxylic acid groups (broad SMARTS) is 1. The first-order valence-electron chi connectivity index (χ1n) is 8.67. The maximum Gasteiger partial charge on any atom is 0.357 e. The van der Waals surface area contributed by atoms with Crippen LogP contribution >= 0.6 is 11.6 Å². The van der Waals surface area contributed by atoms with Crippen LogP contribution in [0.5, 0.6) is 0 Å². The SMILES string of the molecule is O=C(O)c1n[nH]c2cc(Cl)c(-c3ccc(C4(CO)CCCC4)cc3)cc12. The van der Waals surface area contributed by atoms with Crippen LogP contribution in [0, 0.1) is 0 Å². The number of hydrogen-bond donors (Lipinski definition) is 3. The average molecular weight is 371 g/mol. The number of aliphatic hydroxyl groups is 1. The molecule has 26 heavy (non-hydrogen) atoms. The smallest absolute Gasteiger partial charge is 0.357 e. The van der Waals surface area contributed by atoms with Crippen molar-refractivity contribution in [1.82, 2.24) is 10.2 Å². The largest absolute Gasteiger partial charge is 0.476 e. The highest BCUT2D eigenvalue weighted by atomic mass is 35.5. The molecule has 2 aromatic carbocycles. The van der Waals surface area contributed by atoms with E-state index in [4.69, 9.17) is 11.6 Å². The number of H-pyrrole nitrogens is 1. The van der Waals surface area contributed by atoms with Crippen LogP contribution in [0.4, 0.5) is 0 Å². The van der Waals surface area contributed by atoms with Crippen molar-refractivity contribution in [1.29, 1.82) is 0 Å². The number of carboxylic acids is 1. The van der Waals surface area contributed by atoms with Crippen molar-refractivity contribution in [2.75, 3.05) is 6.61 Å². The maximum absolute atomic E-state index is 11.3. The van der Waals surface area contributed by atoms with Gasteiger partial charge in [-0.25, -0.2) is 4.79 Å². The lowest BCUT2D eigenvalue weighted by Crippen LogP contribution is -2.26. The summed E-state index contributed by atoms with van der Waals surface area (Å²) in [5.41, 5.74) is 3.27. The highest BCUT2D eigenvalue weighted by Gasteiger charge is 2.34. The average Bonchev–Trinajstić information content (AvgIpc) is 3.28. The second-order valence-corrected chi connectivity index (χ2v) is 7.39. The van der Waals surface area contributed by atoms with E-state index in [1.807, 2.05) is 24.3 Å². The number of aromatic nitrogens is 2. The number of halogens is 1. The van der Waals surface area contributed by atoms with Gasteiger partial charge >= 0.3 is 5.97 Å². The molecule has 0 atom stereocenters. The second kappa shape index (κ2) is 6.41. The van der Waals surface area contributed by atoms with E-state index in [1.54, 1.807) is 12.1 Å². The summed E-state index contributed by atoms with van der Waals surface area (Å²) in [4.78, 5) is 11.3. The molecule has 0 bridgehead atoms. The molecule has 0 amide bonds. The van der Waals surface area contributed by atoms with Gasteiger partial charge in [-0.05, 0) is 36.1 Å². The standard InChI is InChI=1S/C20H19ClN2O3/c21-16-10-17-15(18(19(25)26)23-22-17)9-14(16)12-3-5-13(6-4-12)20(11-24)7-1-2-8-20/h3-6,9-10,24H,1-2,7-8,11H2,(H,22,23)(H,25,26). The molecule has 5 nitrogen and oxygen atoms in total. The van der Waals surface area contributed by atoms with Gasteiger partial charge in [-0.3, -0.25) is 5.10 Å². The summed E-state index contributed by atoms with van der Waals surface area (Å²) in [6.45, 7) is 0.163. The van der Waals surface area contributed by atoms with E-state index in [0.29, 0.717) is 15.9 Å². The molecule has 0 spiro atoms. The summed E-state index contributed by atoms with van der Waals surface area (Å²) in [6.07, 6.45) is 4.30. The van der Waals surface area contributed by atoms with E-state index in [2.05, 4.69) is 10.2 Å². The third-order valence-electron chi connectivity index (χ3n) is 5.52. The minimum Gasteiger partial charge on any atom is -0.476 e. The van der Waals surface area contributed by atoms with Crippen molar-refractivity contribution in [3.05, 3.63) is 52.7 Å². The van der Waals surface area contributed by atoms with Gasteiger partial charge in [0.05, 0.1) is 17.1 Å². The number of aromatic amines is 1. The zero-order chi connectivity index (χ0) is 18.3. The van der Waals surface area contributed by atoms with Gasteiger partial charge in [-0.1, -0.05) is 48.7 Å². The number of rotatable bonds is 4. The van der Waals surface area contributed by atoms with Crippen molar-refractivity contribution in [3.63, 3.8) is 0 Å². The zero-order valence-corrected chi connectivity index (χ0v) is 14.9. The summed E-state index contributed by atoms with van der Waals surface area (Å²) in [7, 11) is 0. The minimum atomic E-state index is -1.08. The topological polar surface area (TPSA) is 86.2 Å². The number of nitrogens with zero attached hydrogens (tertiary/aromatic N) is 1. The predicted octanol–water partition coefficient (Wildman–Crippen LogP) is 4.39. The Bertz CT molecular complexity index is 973. The van der Waals surface area contributed by atoms with Crippen LogP contribution in [0.15, 0.2) is 36.4 Å². The number of fused-ring (bicyclic) bond motifs is 1. The molecule has 6 heteroatoms. The molecule has 3 aromatic rings. The number of aromatic carboxylic acids is 1. The van der Waals surface area contributed by atoms with Crippen LogP contribution in [0.1, 0.15) is 41.7 Å². The number of benzene rings is 2. The van der Waals surface area contributed by atoms with Gasteiger partial charge in [-0.15, -0.1) is 0 Å². The lowest BCUT2D eigenvalue weighted by molar-refractivity contribution is 0.0692. The summed E-state index contributed by atoms with van der Waals surface area (Å²) in [6, 6.07) is 11.5. The third-order valence-corrected chi connectivity index (χ3v) is 5.84. The molecule has 1 aliphatic rings. The Morgan fingerprint density at radius 1 is 1.19 bits per heavy atom. The van der Waals surface area contributed by atoms with E-state index >= 15 is 0 Å². The predicted molar refractivity (Wildman–Crippen MR) is 101 cm³/mol. The van der Waals surface area contributed by atoms with Crippen molar-refractivity contribution in [2.24, 2.45) is 0 Å².